The van der Waals surface area contributed by atoms with Crippen LogP contribution < -0.4 is 10.6 Å². The van der Waals surface area contributed by atoms with E-state index in [2.05, 4.69) is 20.6 Å². The van der Waals surface area contributed by atoms with Crippen molar-refractivity contribution in [2.75, 3.05) is 10.6 Å². The Kier molecular flexibility index (Phi) is 5.76. The van der Waals surface area contributed by atoms with Crippen LogP contribution in [-0.2, 0) is 11.2 Å². The zero-order valence-corrected chi connectivity index (χ0v) is 15.2. The van der Waals surface area contributed by atoms with Crippen LogP contribution in [-0.4, -0.2) is 15.8 Å². The summed E-state index contributed by atoms with van der Waals surface area (Å²) in [6.45, 7) is 3.77. The van der Waals surface area contributed by atoms with Gasteiger partial charge in [0.25, 0.3) is 0 Å². The molecule has 3 rings (SSSR count). The first-order valence-electron chi connectivity index (χ1n) is 8.74. The molecule has 0 unspecified atom stereocenters. The molecule has 0 atom stereocenters. The Labute approximate surface area is 157 Å². The van der Waals surface area contributed by atoms with E-state index in [0.717, 1.165) is 17.4 Å². The van der Waals surface area contributed by atoms with Crippen molar-refractivity contribution < 1.29 is 9.18 Å². The van der Waals surface area contributed by atoms with Crippen molar-refractivity contribution in [1.82, 2.24) is 9.97 Å². The van der Waals surface area contributed by atoms with Gasteiger partial charge in [-0.15, -0.1) is 0 Å². The number of para-hydroxylation sites is 1. The van der Waals surface area contributed by atoms with E-state index in [9.17, 15) is 9.18 Å². The van der Waals surface area contributed by atoms with Crippen molar-refractivity contribution in [3.63, 3.8) is 0 Å². The van der Waals surface area contributed by atoms with Crippen LogP contribution in [0.2, 0.25) is 0 Å². The van der Waals surface area contributed by atoms with Gasteiger partial charge in [-0.3, -0.25) is 4.79 Å². The molecular weight excluding hydrogens is 343 g/mol. The maximum Gasteiger partial charge on any atom is 0.229 e. The topological polar surface area (TPSA) is 66.9 Å². The van der Waals surface area contributed by atoms with Crippen LogP contribution >= 0.6 is 0 Å². The van der Waals surface area contributed by atoms with Gasteiger partial charge < -0.3 is 10.6 Å². The van der Waals surface area contributed by atoms with E-state index in [-0.39, 0.29) is 17.5 Å². The van der Waals surface area contributed by atoms with Crippen molar-refractivity contribution in [2.45, 2.75) is 20.3 Å². The molecule has 0 saturated carbocycles. The second kappa shape index (κ2) is 8.40. The number of anilines is 4. The van der Waals surface area contributed by atoms with E-state index >= 15 is 0 Å². The molecule has 6 heteroatoms. The van der Waals surface area contributed by atoms with E-state index in [1.165, 1.54) is 0 Å². The third kappa shape index (κ3) is 5.10. The maximum atomic E-state index is 14.1. The van der Waals surface area contributed by atoms with Crippen LogP contribution in [0.5, 0.6) is 0 Å². The predicted octanol–water partition coefficient (Wildman–Crippen LogP) is 4.87. The molecule has 0 amide bonds. The number of ketones is 1. The summed E-state index contributed by atoms with van der Waals surface area (Å²) in [5, 5.41) is 5.98. The van der Waals surface area contributed by atoms with Gasteiger partial charge in [-0.25, -0.2) is 9.37 Å². The van der Waals surface area contributed by atoms with Gasteiger partial charge in [-0.2, -0.15) is 4.98 Å². The van der Waals surface area contributed by atoms with Crippen molar-refractivity contribution >= 4 is 28.9 Å². The first-order chi connectivity index (χ1) is 13.0. The Morgan fingerprint density at radius 3 is 2.33 bits per heavy atom. The second-order valence-electron chi connectivity index (χ2n) is 6.50. The molecule has 1 aromatic heterocycles. The zero-order chi connectivity index (χ0) is 19.2. The molecule has 5 nitrogen and oxygen atoms in total. The highest BCUT2D eigenvalue weighted by Gasteiger charge is 2.10. The van der Waals surface area contributed by atoms with Crippen molar-refractivity contribution in [1.29, 1.82) is 0 Å². The lowest BCUT2D eigenvalue weighted by Gasteiger charge is -2.10. The molecule has 0 aliphatic heterocycles. The fraction of sp³-hybridized carbons (Fsp3) is 0.190. The highest BCUT2D eigenvalue weighted by Crippen LogP contribution is 2.21. The van der Waals surface area contributed by atoms with Gasteiger partial charge in [0.1, 0.15) is 5.78 Å². The first-order valence-corrected chi connectivity index (χ1v) is 8.74. The molecule has 0 radical (unpaired) electrons. The molecule has 1 heterocycles. The molecule has 0 aliphatic carbocycles. The number of benzene rings is 2. The van der Waals surface area contributed by atoms with Crippen LogP contribution in [0, 0.1) is 11.7 Å². The van der Waals surface area contributed by atoms with Gasteiger partial charge in [-0.05, 0) is 29.8 Å². The minimum Gasteiger partial charge on any atom is -0.338 e. The fourth-order valence-corrected chi connectivity index (χ4v) is 2.41. The number of nitrogens with zero attached hydrogens (tertiary/aromatic N) is 2. The normalized spacial score (nSPS) is 10.7. The molecular formula is C21H21FN4O. The van der Waals surface area contributed by atoms with E-state index in [1.54, 1.807) is 12.1 Å². The van der Waals surface area contributed by atoms with Crippen LogP contribution in [0.1, 0.15) is 19.4 Å². The van der Waals surface area contributed by atoms with Crippen LogP contribution in [0.4, 0.5) is 27.5 Å². The lowest BCUT2D eigenvalue weighted by molar-refractivity contribution is -0.121. The Morgan fingerprint density at radius 1 is 1.00 bits per heavy atom. The molecule has 2 N–H and O–H groups in total. The van der Waals surface area contributed by atoms with Gasteiger partial charge in [-0.1, -0.05) is 44.2 Å². The monoisotopic (exact) mass is 364 g/mol. The summed E-state index contributed by atoms with van der Waals surface area (Å²) in [5.41, 5.74) is 2.42. The third-order valence-electron chi connectivity index (χ3n) is 4.01. The minimum atomic E-state index is -0.548. The molecule has 27 heavy (non-hydrogen) atoms. The SMILES string of the molecule is CC(C)C(=O)Cc1ccc(Nc2nc(Nc3ccccc3)ncc2F)cc1. The van der Waals surface area contributed by atoms with Crippen LogP contribution in [0.25, 0.3) is 0 Å². The number of hydrogen-bond acceptors (Lipinski definition) is 5. The molecule has 3 aromatic rings. The minimum absolute atomic E-state index is 0.00783. The molecule has 0 spiro atoms. The van der Waals surface area contributed by atoms with Crippen LogP contribution in [0.3, 0.4) is 0 Å². The molecule has 0 saturated heterocycles. The molecule has 0 aliphatic rings. The number of rotatable bonds is 7. The first kappa shape index (κ1) is 18.5. The number of Topliss-reactive ketones (excluding diaryl/α,β-unsaturated/α-hetero) is 1. The van der Waals surface area contributed by atoms with E-state index < -0.39 is 5.82 Å². The average Bonchev–Trinajstić information content (AvgIpc) is 2.66. The summed E-state index contributed by atoms with van der Waals surface area (Å²) >= 11 is 0. The standard InChI is InChI=1S/C21H21FN4O/c1-14(2)19(27)12-15-8-10-17(11-9-15)24-20-18(22)13-23-21(26-20)25-16-6-4-3-5-7-16/h3-11,13-14H,12H2,1-2H3,(H2,23,24,25,26). The van der Waals surface area contributed by atoms with E-state index in [4.69, 9.17) is 0 Å². The summed E-state index contributed by atoms with van der Waals surface area (Å²) in [6, 6.07) is 16.7. The largest absolute Gasteiger partial charge is 0.338 e. The average molecular weight is 364 g/mol. The number of carbonyl (C=O) groups excluding carboxylic acids is 1. The lowest BCUT2D eigenvalue weighted by Crippen LogP contribution is -2.10. The Hall–Kier alpha value is -3.28. The fourth-order valence-electron chi connectivity index (χ4n) is 2.41. The Bertz CT molecular complexity index is 911. The second-order valence-corrected chi connectivity index (χ2v) is 6.50. The summed E-state index contributed by atoms with van der Waals surface area (Å²) in [5.74, 6) is 0.0222. The summed E-state index contributed by atoms with van der Waals surface area (Å²) in [7, 11) is 0. The lowest BCUT2D eigenvalue weighted by atomic mass is 10.0. The quantitative estimate of drug-likeness (QED) is 0.626. The smallest absolute Gasteiger partial charge is 0.229 e. The number of nitrogens with one attached hydrogen (secondary N) is 2. The number of carbonyl (C=O) groups is 1. The van der Waals surface area contributed by atoms with Gasteiger partial charge >= 0.3 is 0 Å². The molecule has 138 valence electrons. The van der Waals surface area contributed by atoms with Crippen molar-refractivity contribution in [3.05, 3.63) is 72.2 Å². The number of hydrogen-bond donors (Lipinski definition) is 2. The molecule has 0 bridgehead atoms. The van der Waals surface area contributed by atoms with Gasteiger partial charge in [0.2, 0.25) is 5.95 Å². The Balaban J connectivity index is 1.71. The summed E-state index contributed by atoms with van der Waals surface area (Å²) in [4.78, 5) is 20.0. The van der Waals surface area contributed by atoms with E-state index in [1.807, 2.05) is 56.3 Å². The zero-order valence-electron chi connectivity index (χ0n) is 15.2. The van der Waals surface area contributed by atoms with E-state index in [0.29, 0.717) is 18.1 Å². The highest BCUT2D eigenvalue weighted by atomic mass is 19.1. The third-order valence-corrected chi connectivity index (χ3v) is 4.01. The highest BCUT2D eigenvalue weighted by molar-refractivity contribution is 5.82. The number of aromatic nitrogens is 2. The summed E-state index contributed by atoms with van der Waals surface area (Å²) in [6.07, 6.45) is 1.52. The predicted molar refractivity (Wildman–Crippen MR) is 105 cm³/mol. The van der Waals surface area contributed by atoms with Crippen molar-refractivity contribution in [2.24, 2.45) is 5.92 Å². The van der Waals surface area contributed by atoms with Crippen molar-refractivity contribution in [3.8, 4) is 0 Å². The van der Waals surface area contributed by atoms with Gasteiger partial charge in [0, 0.05) is 23.7 Å². The van der Waals surface area contributed by atoms with Gasteiger partial charge in [0.15, 0.2) is 11.6 Å². The Morgan fingerprint density at radius 2 is 1.67 bits per heavy atom. The molecule has 0 fully saturated rings. The summed E-state index contributed by atoms with van der Waals surface area (Å²) < 4.78 is 14.1. The molecule has 2 aromatic carbocycles. The van der Waals surface area contributed by atoms with Gasteiger partial charge in [0.05, 0.1) is 6.20 Å². The number of halogens is 1. The maximum absolute atomic E-state index is 14.1. The van der Waals surface area contributed by atoms with Crippen LogP contribution in [0.15, 0.2) is 60.8 Å².